The Bertz CT molecular complexity index is 568. The van der Waals surface area contributed by atoms with E-state index in [4.69, 9.17) is 15.2 Å². The quantitative estimate of drug-likeness (QED) is 0.180. The molecule has 154 valence electrons. The first-order valence-corrected chi connectivity index (χ1v) is 9.11. The Balaban J connectivity index is 0.00000676. The van der Waals surface area contributed by atoms with E-state index in [-0.39, 0.29) is 30.6 Å². The fraction of sp³-hybridized carbons (Fsp3) is 0.579. The van der Waals surface area contributed by atoms with Gasteiger partial charge in [-0.25, -0.2) is 4.99 Å². The summed E-state index contributed by atoms with van der Waals surface area (Å²) < 4.78 is 10.9. The molecule has 0 bridgehead atoms. The van der Waals surface area contributed by atoms with Crippen LogP contribution >= 0.6 is 24.0 Å². The summed E-state index contributed by atoms with van der Waals surface area (Å²) in [6.45, 7) is 9.67. The van der Waals surface area contributed by atoms with Crippen molar-refractivity contribution in [2.75, 3.05) is 32.9 Å². The van der Waals surface area contributed by atoms with E-state index < -0.39 is 5.91 Å². The molecule has 0 unspecified atom stereocenters. The first-order valence-electron chi connectivity index (χ1n) is 9.11. The zero-order valence-electron chi connectivity index (χ0n) is 16.5. The van der Waals surface area contributed by atoms with Crippen LogP contribution in [0.15, 0.2) is 29.3 Å². The number of nitrogens with one attached hydrogen (secondary N) is 2. The topological polar surface area (TPSA) is 98.0 Å². The summed E-state index contributed by atoms with van der Waals surface area (Å²) in [6.07, 6.45) is 1.07. The van der Waals surface area contributed by atoms with Gasteiger partial charge in [-0.3, -0.25) is 4.79 Å². The van der Waals surface area contributed by atoms with Gasteiger partial charge in [0.05, 0.1) is 13.2 Å². The van der Waals surface area contributed by atoms with Crippen LogP contribution in [0.4, 0.5) is 0 Å². The Labute approximate surface area is 179 Å². The predicted molar refractivity (Wildman–Crippen MR) is 120 cm³/mol. The lowest BCUT2D eigenvalue weighted by atomic mass is 10.1. The molecule has 1 amide bonds. The van der Waals surface area contributed by atoms with Crippen molar-refractivity contribution in [1.29, 1.82) is 0 Å². The Morgan fingerprint density at radius 3 is 2.70 bits per heavy atom. The Morgan fingerprint density at radius 2 is 2.04 bits per heavy atom. The molecule has 0 heterocycles. The summed E-state index contributed by atoms with van der Waals surface area (Å²) in [7, 11) is 0. The molecule has 1 aromatic carbocycles. The lowest BCUT2D eigenvalue weighted by Gasteiger charge is -2.12. The zero-order chi connectivity index (χ0) is 19.2. The van der Waals surface area contributed by atoms with Gasteiger partial charge in [0.1, 0.15) is 5.75 Å². The van der Waals surface area contributed by atoms with Crippen molar-refractivity contribution in [3.05, 3.63) is 29.8 Å². The van der Waals surface area contributed by atoms with Crippen LogP contribution in [0.5, 0.6) is 5.75 Å². The number of guanidine groups is 1. The van der Waals surface area contributed by atoms with Crippen molar-refractivity contribution in [1.82, 2.24) is 10.6 Å². The number of carbonyl (C=O) groups excluding carboxylic acids is 1. The Hall–Kier alpha value is -1.55. The van der Waals surface area contributed by atoms with E-state index in [1.165, 1.54) is 0 Å². The van der Waals surface area contributed by atoms with Gasteiger partial charge in [-0.2, -0.15) is 0 Å². The first-order chi connectivity index (χ1) is 12.5. The third kappa shape index (κ3) is 13.3. The first kappa shape index (κ1) is 25.4. The normalized spacial score (nSPS) is 11.0. The number of ether oxygens (including phenoxy) is 2. The molecule has 0 radical (unpaired) electrons. The molecule has 4 N–H and O–H groups in total. The van der Waals surface area contributed by atoms with Gasteiger partial charge in [-0.15, -0.1) is 24.0 Å². The highest BCUT2D eigenvalue weighted by Crippen LogP contribution is 2.13. The summed E-state index contributed by atoms with van der Waals surface area (Å²) >= 11 is 0. The lowest BCUT2D eigenvalue weighted by Crippen LogP contribution is -2.39. The van der Waals surface area contributed by atoms with Crippen LogP contribution in [-0.2, 0) is 16.1 Å². The maximum atomic E-state index is 10.8. The van der Waals surface area contributed by atoms with Crippen molar-refractivity contribution in [3.8, 4) is 5.75 Å². The number of hydrogen-bond acceptors (Lipinski definition) is 4. The van der Waals surface area contributed by atoms with Crippen LogP contribution in [0.3, 0.4) is 0 Å². The van der Waals surface area contributed by atoms with Crippen LogP contribution in [0, 0.1) is 5.92 Å². The second kappa shape index (κ2) is 15.5. The number of aliphatic imine (C=N–C) groups is 1. The maximum Gasteiger partial charge on any atom is 0.255 e. The van der Waals surface area contributed by atoms with Crippen molar-refractivity contribution < 1.29 is 14.3 Å². The highest BCUT2D eigenvalue weighted by molar-refractivity contribution is 14.0. The van der Waals surface area contributed by atoms with Crippen molar-refractivity contribution in [2.45, 2.75) is 33.7 Å². The standard InChI is InChI=1S/C19H32N4O3.HI/c1-4-21-19(22-9-11-25-10-8-15(2)3)23-13-16-6-5-7-17(12-16)26-14-18(20)24;/h5-7,12,15H,4,8-11,13-14H2,1-3H3,(H2,20,24)(H2,21,22,23);1H. The number of hydrogen-bond donors (Lipinski definition) is 3. The summed E-state index contributed by atoms with van der Waals surface area (Å²) in [4.78, 5) is 15.4. The van der Waals surface area contributed by atoms with Crippen molar-refractivity contribution in [3.63, 3.8) is 0 Å². The van der Waals surface area contributed by atoms with Gasteiger partial charge in [0.15, 0.2) is 12.6 Å². The molecule has 0 fully saturated rings. The summed E-state index contributed by atoms with van der Waals surface area (Å²) in [5.41, 5.74) is 6.07. The third-order valence-electron chi connectivity index (χ3n) is 3.42. The summed E-state index contributed by atoms with van der Waals surface area (Å²) in [6, 6.07) is 7.46. The molecular formula is C19H33IN4O3. The Morgan fingerprint density at radius 1 is 1.26 bits per heavy atom. The molecule has 27 heavy (non-hydrogen) atoms. The van der Waals surface area contributed by atoms with Gasteiger partial charge in [0.25, 0.3) is 5.91 Å². The number of nitrogens with two attached hydrogens (primary N) is 1. The number of carbonyl (C=O) groups is 1. The van der Waals surface area contributed by atoms with Gasteiger partial charge >= 0.3 is 0 Å². The number of nitrogens with zero attached hydrogens (tertiary/aromatic N) is 1. The smallest absolute Gasteiger partial charge is 0.255 e. The van der Waals surface area contributed by atoms with Gasteiger partial charge < -0.3 is 25.8 Å². The second-order valence-electron chi connectivity index (χ2n) is 6.32. The summed E-state index contributed by atoms with van der Waals surface area (Å²) in [5, 5.41) is 6.46. The molecule has 0 aliphatic carbocycles. The average molecular weight is 492 g/mol. The van der Waals surface area contributed by atoms with Crippen molar-refractivity contribution >= 4 is 35.8 Å². The Kier molecular flexibility index (Phi) is 14.6. The van der Waals surface area contributed by atoms with E-state index in [9.17, 15) is 4.79 Å². The van der Waals surface area contributed by atoms with Gasteiger partial charge in [0.2, 0.25) is 0 Å². The molecule has 1 rings (SSSR count). The van der Waals surface area contributed by atoms with Crippen LogP contribution in [0.2, 0.25) is 0 Å². The fourth-order valence-corrected chi connectivity index (χ4v) is 2.06. The SMILES string of the molecule is CCNC(=NCc1cccc(OCC(N)=O)c1)NCCOCCC(C)C.I. The van der Waals surface area contributed by atoms with E-state index >= 15 is 0 Å². The summed E-state index contributed by atoms with van der Waals surface area (Å²) in [5.74, 6) is 1.50. The number of halogens is 1. The predicted octanol–water partition coefficient (Wildman–Crippen LogP) is 2.29. The van der Waals surface area contributed by atoms with Crippen LogP contribution in [-0.4, -0.2) is 44.8 Å². The van der Waals surface area contributed by atoms with E-state index in [1.807, 2.05) is 25.1 Å². The molecule has 0 saturated heterocycles. The highest BCUT2D eigenvalue weighted by atomic mass is 127. The minimum absolute atomic E-state index is 0. The van der Waals surface area contributed by atoms with Crippen molar-refractivity contribution in [2.24, 2.45) is 16.6 Å². The monoisotopic (exact) mass is 492 g/mol. The minimum atomic E-state index is -0.498. The van der Waals surface area contributed by atoms with Crippen LogP contribution in [0.25, 0.3) is 0 Å². The molecule has 0 atom stereocenters. The van der Waals surface area contributed by atoms with E-state index in [1.54, 1.807) is 6.07 Å². The number of amides is 1. The lowest BCUT2D eigenvalue weighted by molar-refractivity contribution is -0.119. The molecule has 0 aliphatic rings. The largest absolute Gasteiger partial charge is 0.484 e. The fourth-order valence-electron chi connectivity index (χ4n) is 2.06. The zero-order valence-corrected chi connectivity index (χ0v) is 18.8. The van der Waals surface area contributed by atoms with Crippen LogP contribution < -0.4 is 21.1 Å². The van der Waals surface area contributed by atoms with Gasteiger partial charge in [-0.05, 0) is 37.0 Å². The third-order valence-corrected chi connectivity index (χ3v) is 3.42. The number of rotatable bonds is 12. The molecule has 0 saturated carbocycles. The van der Waals surface area contributed by atoms with Crippen LogP contribution in [0.1, 0.15) is 32.8 Å². The molecule has 0 spiro atoms. The highest BCUT2D eigenvalue weighted by Gasteiger charge is 2.01. The molecular weight excluding hydrogens is 459 g/mol. The molecule has 1 aromatic rings. The number of benzene rings is 1. The average Bonchev–Trinajstić information content (AvgIpc) is 2.60. The van der Waals surface area contributed by atoms with E-state index in [0.29, 0.717) is 31.4 Å². The number of primary amides is 1. The molecule has 0 aromatic heterocycles. The second-order valence-corrected chi connectivity index (χ2v) is 6.32. The maximum absolute atomic E-state index is 10.8. The van der Waals surface area contributed by atoms with Gasteiger partial charge in [0, 0.05) is 19.7 Å². The molecule has 8 heteroatoms. The van der Waals surface area contributed by atoms with E-state index in [0.717, 1.165) is 31.1 Å². The molecule has 7 nitrogen and oxygen atoms in total. The van der Waals surface area contributed by atoms with Gasteiger partial charge in [-0.1, -0.05) is 26.0 Å². The molecule has 0 aliphatic heterocycles. The minimum Gasteiger partial charge on any atom is -0.484 e. The van der Waals surface area contributed by atoms with E-state index in [2.05, 4.69) is 29.5 Å².